The molecule has 0 fully saturated rings. The van der Waals surface area contributed by atoms with Crippen molar-refractivity contribution < 1.29 is 14.7 Å². The Morgan fingerprint density at radius 2 is 2.06 bits per heavy atom. The van der Waals surface area contributed by atoms with Crippen LogP contribution in [0, 0.1) is 0 Å². The highest BCUT2D eigenvalue weighted by molar-refractivity contribution is 5.85. The first-order chi connectivity index (χ1) is 7.51. The molecule has 0 saturated carbocycles. The van der Waals surface area contributed by atoms with Gasteiger partial charge in [0.2, 0.25) is 5.91 Å². The molecule has 5 nitrogen and oxygen atoms in total. The second-order valence-electron chi connectivity index (χ2n) is 3.60. The van der Waals surface area contributed by atoms with E-state index in [0.717, 1.165) is 13.0 Å². The summed E-state index contributed by atoms with van der Waals surface area (Å²) in [4.78, 5) is 23.7. The molecule has 0 heterocycles. The highest BCUT2D eigenvalue weighted by atomic mass is 16.4. The van der Waals surface area contributed by atoms with Gasteiger partial charge in [-0.05, 0) is 19.9 Å². The maximum Gasteiger partial charge on any atom is 0.330 e. The van der Waals surface area contributed by atoms with Gasteiger partial charge in [-0.15, -0.1) is 0 Å². The van der Waals surface area contributed by atoms with E-state index in [-0.39, 0.29) is 5.91 Å². The van der Waals surface area contributed by atoms with Crippen LogP contribution >= 0.6 is 0 Å². The summed E-state index contributed by atoms with van der Waals surface area (Å²) in [6.07, 6.45) is 2.55. The molecular weight excluding hydrogens is 208 g/mol. The number of hydrogen-bond donors (Lipinski definition) is 2. The van der Waals surface area contributed by atoms with Gasteiger partial charge in [0.15, 0.2) is 0 Å². The molecule has 0 aromatic rings. The molecule has 0 aliphatic rings. The van der Waals surface area contributed by atoms with E-state index in [1.165, 1.54) is 0 Å². The average Bonchev–Trinajstić information content (AvgIpc) is 2.25. The van der Waals surface area contributed by atoms with Gasteiger partial charge in [0, 0.05) is 19.2 Å². The third-order valence-corrected chi connectivity index (χ3v) is 2.18. The summed E-state index contributed by atoms with van der Waals surface area (Å²) in [5.41, 5.74) is 0.304. The quantitative estimate of drug-likeness (QED) is 0.622. The molecule has 0 spiro atoms. The highest BCUT2D eigenvalue weighted by Crippen LogP contribution is 1.97. The first-order valence-corrected chi connectivity index (χ1v) is 5.34. The molecule has 0 aliphatic heterocycles. The molecule has 0 unspecified atom stereocenters. The number of hydrogen-bond acceptors (Lipinski definition) is 3. The lowest BCUT2D eigenvalue weighted by Gasteiger charge is -2.18. The van der Waals surface area contributed by atoms with E-state index < -0.39 is 5.97 Å². The molecule has 0 aliphatic carbocycles. The number of carbonyl (C=O) groups is 2. The van der Waals surface area contributed by atoms with Gasteiger partial charge >= 0.3 is 5.97 Å². The standard InChI is InChI=1S/C11H20N2O3/c1-4-6-13(8-10(14)12-3)7-5-9(2)11(15)16/h5H,4,6-8H2,1-3H3,(H,12,14)(H,15,16). The molecule has 1 amide bonds. The van der Waals surface area contributed by atoms with Crippen LogP contribution in [0.15, 0.2) is 11.6 Å². The smallest absolute Gasteiger partial charge is 0.330 e. The van der Waals surface area contributed by atoms with E-state index in [9.17, 15) is 9.59 Å². The van der Waals surface area contributed by atoms with Crippen molar-refractivity contribution in [3.63, 3.8) is 0 Å². The summed E-state index contributed by atoms with van der Waals surface area (Å²) in [6, 6.07) is 0. The van der Waals surface area contributed by atoms with Crippen molar-refractivity contribution in [3.8, 4) is 0 Å². The highest BCUT2D eigenvalue weighted by Gasteiger charge is 2.08. The Morgan fingerprint density at radius 1 is 1.44 bits per heavy atom. The number of nitrogens with zero attached hydrogens (tertiary/aromatic N) is 1. The SMILES string of the molecule is CCCN(CC=C(C)C(=O)O)CC(=O)NC. The average molecular weight is 228 g/mol. The van der Waals surface area contributed by atoms with Crippen molar-refractivity contribution in [2.45, 2.75) is 20.3 Å². The lowest BCUT2D eigenvalue weighted by molar-refractivity contribution is -0.132. The molecule has 0 saturated heterocycles. The number of nitrogens with one attached hydrogen (secondary N) is 1. The lowest BCUT2D eigenvalue weighted by atomic mass is 10.2. The van der Waals surface area contributed by atoms with Crippen LogP contribution in [0.2, 0.25) is 0 Å². The normalized spacial score (nSPS) is 11.6. The molecular formula is C11H20N2O3. The summed E-state index contributed by atoms with van der Waals surface area (Å²) in [7, 11) is 1.59. The number of carboxylic acid groups (broad SMARTS) is 1. The zero-order valence-corrected chi connectivity index (χ0v) is 10.1. The monoisotopic (exact) mass is 228 g/mol. The van der Waals surface area contributed by atoms with Crippen molar-refractivity contribution in [1.29, 1.82) is 0 Å². The maximum atomic E-state index is 11.2. The molecule has 0 bridgehead atoms. The van der Waals surface area contributed by atoms with Gasteiger partial charge < -0.3 is 10.4 Å². The summed E-state index contributed by atoms with van der Waals surface area (Å²) < 4.78 is 0. The Morgan fingerprint density at radius 3 is 2.50 bits per heavy atom. The van der Waals surface area contributed by atoms with E-state index >= 15 is 0 Å². The van der Waals surface area contributed by atoms with Crippen LogP contribution in [0.3, 0.4) is 0 Å². The zero-order valence-electron chi connectivity index (χ0n) is 10.1. The number of amides is 1. The number of carbonyl (C=O) groups excluding carboxylic acids is 1. The van der Waals surface area contributed by atoms with Crippen molar-refractivity contribution in [1.82, 2.24) is 10.2 Å². The van der Waals surface area contributed by atoms with E-state index in [2.05, 4.69) is 5.32 Å². The topological polar surface area (TPSA) is 69.6 Å². The van der Waals surface area contributed by atoms with Gasteiger partial charge in [0.1, 0.15) is 0 Å². The summed E-state index contributed by atoms with van der Waals surface area (Å²) >= 11 is 0. The van der Waals surface area contributed by atoms with Crippen molar-refractivity contribution in [2.75, 3.05) is 26.7 Å². The number of aliphatic carboxylic acids is 1. The first-order valence-electron chi connectivity index (χ1n) is 5.34. The van der Waals surface area contributed by atoms with Crippen molar-refractivity contribution >= 4 is 11.9 Å². The Balaban J connectivity index is 4.28. The molecule has 92 valence electrons. The first kappa shape index (κ1) is 14.6. The van der Waals surface area contributed by atoms with Crippen molar-refractivity contribution in [3.05, 3.63) is 11.6 Å². The Hall–Kier alpha value is -1.36. The minimum absolute atomic E-state index is 0.0603. The van der Waals surface area contributed by atoms with Gasteiger partial charge in [-0.3, -0.25) is 9.69 Å². The van der Waals surface area contributed by atoms with Gasteiger partial charge in [-0.1, -0.05) is 13.0 Å². The predicted octanol–water partition coefficient (Wildman–Crippen LogP) is 0.475. The van der Waals surface area contributed by atoms with Crippen LogP contribution in [-0.2, 0) is 9.59 Å². The molecule has 5 heteroatoms. The van der Waals surface area contributed by atoms with Crippen LogP contribution in [-0.4, -0.2) is 48.6 Å². The summed E-state index contributed by atoms with van der Waals surface area (Å²) in [6.45, 7) is 5.13. The molecule has 0 aromatic heterocycles. The molecule has 2 N–H and O–H groups in total. The predicted molar refractivity (Wildman–Crippen MR) is 62.2 cm³/mol. The fourth-order valence-corrected chi connectivity index (χ4v) is 1.19. The minimum atomic E-state index is -0.920. The number of rotatable bonds is 7. The molecule has 16 heavy (non-hydrogen) atoms. The zero-order chi connectivity index (χ0) is 12.6. The van der Waals surface area contributed by atoms with Gasteiger partial charge in [-0.25, -0.2) is 4.79 Å². The summed E-state index contributed by atoms with van der Waals surface area (Å²) in [5, 5.41) is 11.2. The fraction of sp³-hybridized carbons (Fsp3) is 0.636. The molecule has 0 aromatic carbocycles. The van der Waals surface area contributed by atoms with E-state index in [4.69, 9.17) is 5.11 Å². The third-order valence-electron chi connectivity index (χ3n) is 2.18. The van der Waals surface area contributed by atoms with E-state index in [1.807, 2.05) is 11.8 Å². The van der Waals surface area contributed by atoms with Gasteiger partial charge in [-0.2, -0.15) is 0 Å². The number of carboxylic acids is 1. The van der Waals surface area contributed by atoms with E-state index in [0.29, 0.717) is 18.7 Å². The van der Waals surface area contributed by atoms with Crippen LogP contribution in [0.4, 0.5) is 0 Å². The second-order valence-corrected chi connectivity index (χ2v) is 3.60. The van der Waals surface area contributed by atoms with Gasteiger partial charge in [0.05, 0.1) is 6.54 Å². The van der Waals surface area contributed by atoms with Crippen LogP contribution in [0.1, 0.15) is 20.3 Å². The molecule has 0 atom stereocenters. The maximum absolute atomic E-state index is 11.2. The largest absolute Gasteiger partial charge is 0.478 e. The Kier molecular flexibility index (Phi) is 7.20. The second kappa shape index (κ2) is 7.87. The van der Waals surface area contributed by atoms with Crippen LogP contribution < -0.4 is 5.32 Å². The molecule has 0 rings (SSSR count). The van der Waals surface area contributed by atoms with Crippen molar-refractivity contribution in [2.24, 2.45) is 0 Å². The molecule has 0 radical (unpaired) electrons. The fourth-order valence-electron chi connectivity index (χ4n) is 1.19. The van der Waals surface area contributed by atoms with Crippen LogP contribution in [0.5, 0.6) is 0 Å². The Bertz CT molecular complexity index is 274. The third kappa shape index (κ3) is 6.19. The van der Waals surface area contributed by atoms with E-state index in [1.54, 1.807) is 20.0 Å². The van der Waals surface area contributed by atoms with Gasteiger partial charge in [0.25, 0.3) is 0 Å². The summed E-state index contributed by atoms with van der Waals surface area (Å²) in [5.74, 6) is -0.980. The van der Waals surface area contributed by atoms with Crippen LogP contribution in [0.25, 0.3) is 0 Å². The Labute approximate surface area is 96.1 Å². The lowest BCUT2D eigenvalue weighted by Crippen LogP contribution is -2.36. The minimum Gasteiger partial charge on any atom is -0.478 e. The number of likely N-dealkylation sites (N-methyl/N-ethyl adjacent to an activating group) is 1.